The number of nitrogens with one attached hydrogen (secondary N) is 1. The quantitative estimate of drug-likeness (QED) is 0.457. The van der Waals surface area contributed by atoms with E-state index in [9.17, 15) is 4.79 Å². The van der Waals surface area contributed by atoms with E-state index in [1.165, 1.54) is 7.11 Å². The lowest BCUT2D eigenvalue weighted by molar-refractivity contribution is -0.146. The maximum absolute atomic E-state index is 11.8. The smallest absolute Gasteiger partial charge is 0.355 e. The van der Waals surface area contributed by atoms with Crippen molar-refractivity contribution in [3.05, 3.63) is 16.0 Å². The standard InChI is InChI=1S/C13H20IN3O3/c1-13(2,3)20-12(18)11(15)10(19-4)5-6-17-8-9(14)7-16-17/h7-8,10,15H,5-6H2,1-4H3/t10-/m0/s1. The first kappa shape index (κ1) is 17.1. The maximum atomic E-state index is 11.8. The first-order chi connectivity index (χ1) is 9.23. The third-order valence-electron chi connectivity index (χ3n) is 2.45. The number of nitrogens with zero attached hydrogens (tertiary/aromatic N) is 2. The Hall–Kier alpha value is -0.960. The second-order valence-electron chi connectivity index (χ2n) is 5.35. The normalized spacial score (nSPS) is 13.1. The summed E-state index contributed by atoms with van der Waals surface area (Å²) in [5, 5.41) is 12.0. The van der Waals surface area contributed by atoms with Crippen molar-refractivity contribution in [3.8, 4) is 0 Å². The fourth-order valence-corrected chi connectivity index (χ4v) is 2.00. The molecule has 0 unspecified atom stereocenters. The third-order valence-corrected chi connectivity index (χ3v) is 3.00. The Balaban J connectivity index is 2.57. The summed E-state index contributed by atoms with van der Waals surface area (Å²) >= 11 is 2.17. The van der Waals surface area contributed by atoms with Crippen LogP contribution in [0.4, 0.5) is 0 Å². The van der Waals surface area contributed by atoms with Gasteiger partial charge in [0.25, 0.3) is 0 Å². The summed E-state index contributed by atoms with van der Waals surface area (Å²) in [6.45, 7) is 5.88. The van der Waals surface area contributed by atoms with E-state index >= 15 is 0 Å². The molecule has 0 amide bonds. The van der Waals surface area contributed by atoms with Gasteiger partial charge in [0.15, 0.2) is 0 Å². The van der Waals surface area contributed by atoms with Crippen LogP contribution in [0.5, 0.6) is 0 Å². The second-order valence-corrected chi connectivity index (χ2v) is 6.60. The van der Waals surface area contributed by atoms with Gasteiger partial charge in [-0.25, -0.2) is 4.79 Å². The molecule has 0 aliphatic heterocycles. The molecule has 0 fully saturated rings. The molecule has 0 aliphatic rings. The highest BCUT2D eigenvalue weighted by Gasteiger charge is 2.26. The molecule has 0 saturated heterocycles. The van der Waals surface area contributed by atoms with Crippen LogP contribution in [0.25, 0.3) is 0 Å². The van der Waals surface area contributed by atoms with Crippen molar-refractivity contribution in [1.29, 1.82) is 5.41 Å². The van der Waals surface area contributed by atoms with Gasteiger partial charge < -0.3 is 9.47 Å². The predicted molar refractivity (Wildman–Crippen MR) is 83.9 cm³/mol. The number of carbonyl (C=O) groups is 1. The van der Waals surface area contributed by atoms with Gasteiger partial charge >= 0.3 is 5.97 Å². The highest BCUT2D eigenvalue weighted by atomic mass is 127. The van der Waals surface area contributed by atoms with Gasteiger partial charge in [-0.1, -0.05) is 0 Å². The fraction of sp³-hybridized carbons (Fsp3) is 0.615. The summed E-state index contributed by atoms with van der Waals surface area (Å²) in [6, 6.07) is 0. The molecule has 0 aromatic carbocycles. The zero-order valence-electron chi connectivity index (χ0n) is 12.1. The van der Waals surface area contributed by atoms with E-state index < -0.39 is 17.7 Å². The molecule has 6 nitrogen and oxygen atoms in total. The van der Waals surface area contributed by atoms with Gasteiger partial charge in [0.2, 0.25) is 0 Å². The van der Waals surface area contributed by atoms with Gasteiger partial charge in [-0.15, -0.1) is 0 Å². The first-order valence-electron chi connectivity index (χ1n) is 6.25. The summed E-state index contributed by atoms with van der Waals surface area (Å²) in [4.78, 5) is 11.8. The number of carbonyl (C=O) groups excluding carboxylic acids is 1. The van der Waals surface area contributed by atoms with Crippen molar-refractivity contribution in [3.63, 3.8) is 0 Å². The fourth-order valence-electron chi connectivity index (χ4n) is 1.55. The SMILES string of the molecule is CO[C@@H](CCn1cc(I)cn1)C(=N)C(=O)OC(C)(C)C. The third kappa shape index (κ3) is 5.58. The summed E-state index contributed by atoms with van der Waals surface area (Å²) < 4.78 is 13.2. The van der Waals surface area contributed by atoms with Crippen molar-refractivity contribution in [2.75, 3.05) is 7.11 Å². The molecule has 1 atom stereocenters. The summed E-state index contributed by atoms with van der Waals surface area (Å²) in [5.41, 5.74) is -0.774. The van der Waals surface area contributed by atoms with Crippen molar-refractivity contribution in [2.24, 2.45) is 0 Å². The highest BCUT2D eigenvalue weighted by molar-refractivity contribution is 14.1. The molecule has 0 bridgehead atoms. The molecule has 1 N–H and O–H groups in total. The Labute approximate surface area is 132 Å². The Kier molecular flexibility index (Phi) is 6.12. The summed E-state index contributed by atoms with van der Waals surface area (Å²) in [7, 11) is 1.48. The Morgan fingerprint density at radius 3 is 2.65 bits per heavy atom. The molecule has 1 aromatic heterocycles. The molecular weight excluding hydrogens is 373 g/mol. The van der Waals surface area contributed by atoms with Crippen molar-refractivity contribution in [1.82, 2.24) is 9.78 Å². The van der Waals surface area contributed by atoms with Crippen LogP contribution in [-0.4, -0.2) is 40.3 Å². The lowest BCUT2D eigenvalue weighted by Crippen LogP contribution is -2.36. The van der Waals surface area contributed by atoms with Crippen LogP contribution < -0.4 is 0 Å². The summed E-state index contributed by atoms with van der Waals surface area (Å²) in [5.74, 6) is -0.639. The van der Waals surface area contributed by atoms with Gasteiger partial charge in [-0.3, -0.25) is 10.1 Å². The number of halogens is 1. The van der Waals surface area contributed by atoms with E-state index in [4.69, 9.17) is 14.9 Å². The van der Waals surface area contributed by atoms with E-state index in [0.717, 1.165) is 3.57 Å². The molecule has 0 radical (unpaired) electrons. The minimum atomic E-state index is -0.639. The average molecular weight is 393 g/mol. The van der Waals surface area contributed by atoms with Crippen LogP contribution in [0.15, 0.2) is 12.4 Å². The Bertz CT molecular complexity index is 479. The van der Waals surface area contributed by atoms with E-state index in [-0.39, 0.29) is 5.71 Å². The number of aromatic nitrogens is 2. The number of hydrogen-bond acceptors (Lipinski definition) is 5. The number of rotatable bonds is 6. The molecule has 0 saturated carbocycles. The number of methoxy groups -OCH3 is 1. The molecule has 1 heterocycles. The van der Waals surface area contributed by atoms with E-state index in [2.05, 4.69) is 27.7 Å². The maximum Gasteiger partial charge on any atom is 0.355 e. The van der Waals surface area contributed by atoms with Gasteiger partial charge in [-0.05, 0) is 49.8 Å². The zero-order valence-corrected chi connectivity index (χ0v) is 14.3. The van der Waals surface area contributed by atoms with Gasteiger partial charge in [0, 0.05) is 19.9 Å². The lowest BCUT2D eigenvalue weighted by Gasteiger charge is -2.22. The number of esters is 1. The molecule has 1 aromatic rings. The molecule has 1 rings (SSSR count). The van der Waals surface area contributed by atoms with Crippen LogP contribution in [0, 0.1) is 8.98 Å². The van der Waals surface area contributed by atoms with Crippen molar-refractivity contribution >= 4 is 34.3 Å². The Morgan fingerprint density at radius 2 is 2.20 bits per heavy atom. The molecule has 0 spiro atoms. The molecule has 0 aliphatic carbocycles. The predicted octanol–water partition coefficient (Wildman–Crippen LogP) is 2.25. The van der Waals surface area contributed by atoms with E-state index in [1.807, 2.05) is 6.20 Å². The van der Waals surface area contributed by atoms with Crippen LogP contribution in [0.1, 0.15) is 27.2 Å². The van der Waals surface area contributed by atoms with Crippen molar-refractivity contribution in [2.45, 2.75) is 45.4 Å². The van der Waals surface area contributed by atoms with Gasteiger partial charge in [0.1, 0.15) is 17.4 Å². The topological polar surface area (TPSA) is 77.2 Å². The molecule has 112 valence electrons. The summed E-state index contributed by atoms with van der Waals surface area (Å²) in [6.07, 6.45) is 3.55. The van der Waals surface area contributed by atoms with Crippen molar-refractivity contribution < 1.29 is 14.3 Å². The second kappa shape index (κ2) is 7.16. The van der Waals surface area contributed by atoms with E-state index in [1.54, 1.807) is 31.6 Å². The van der Waals surface area contributed by atoms with Crippen LogP contribution in [-0.2, 0) is 20.8 Å². The van der Waals surface area contributed by atoms with Gasteiger partial charge in [0.05, 0.1) is 9.77 Å². The molecule has 7 heteroatoms. The first-order valence-corrected chi connectivity index (χ1v) is 7.33. The highest BCUT2D eigenvalue weighted by Crippen LogP contribution is 2.11. The Morgan fingerprint density at radius 1 is 1.55 bits per heavy atom. The number of hydrogen-bond donors (Lipinski definition) is 1. The minimum absolute atomic E-state index is 0.163. The molecule has 20 heavy (non-hydrogen) atoms. The van der Waals surface area contributed by atoms with E-state index in [0.29, 0.717) is 13.0 Å². The molecular formula is C13H20IN3O3. The van der Waals surface area contributed by atoms with Crippen LogP contribution in [0.3, 0.4) is 0 Å². The lowest BCUT2D eigenvalue weighted by atomic mass is 10.1. The largest absolute Gasteiger partial charge is 0.455 e. The van der Waals surface area contributed by atoms with Crippen LogP contribution in [0.2, 0.25) is 0 Å². The zero-order chi connectivity index (χ0) is 15.3. The number of aryl methyl sites for hydroxylation is 1. The monoisotopic (exact) mass is 393 g/mol. The average Bonchev–Trinajstić information content (AvgIpc) is 2.73. The number of ether oxygens (including phenoxy) is 2. The van der Waals surface area contributed by atoms with Crippen LogP contribution >= 0.6 is 22.6 Å². The van der Waals surface area contributed by atoms with Gasteiger partial charge in [-0.2, -0.15) is 5.10 Å². The minimum Gasteiger partial charge on any atom is -0.455 e.